The predicted octanol–water partition coefficient (Wildman–Crippen LogP) is 2.56. The van der Waals surface area contributed by atoms with Crippen LogP contribution >= 0.6 is 0 Å². The number of aromatic nitrogens is 2. The van der Waals surface area contributed by atoms with Crippen LogP contribution in [-0.2, 0) is 0 Å². The molecule has 4 nitrogen and oxygen atoms in total. The molecular weight excluding hydrogens is 212 g/mol. The summed E-state index contributed by atoms with van der Waals surface area (Å²) in [5.41, 5.74) is 5.87. The molecule has 2 rings (SSSR count). The Labute approximate surface area is 103 Å². The van der Waals surface area contributed by atoms with Gasteiger partial charge in [0.15, 0.2) is 0 Å². The van der Waals surface area contributed by atoms with Crippen LogP contribution in [0.15, 0.2) is 6.07 Å². The van der Waals surface area contributed by atoms with Crippen LogP contribution in [0, 0.1) is 0 Å². The van der Waals surface area contributed by atoms with Gasteiger partial charge in [-0.3, -0.25) is 0 Å². The average molecular weight is 234 g/mol. The van der Waals surface area contributed by atoms with Gasteiger partial charge in [-0.15, -0.1) is 0 Å². The molecule has 1 aromatic rings. The highest BCUT2D eigenvalue weighted by molar-refractivity contribution is 5.48. The fourth-order valence-corrected chi connectivity index (χ4v) is 2.32. The molecule has 1 aromatic heterocycles. The highest BCUT2D eigenvalue weighted by Gasteiger charge is 2.20. The van der Waals surface area contributed by atoms with Crippen LogP contribution in [-0.4, -0.2) is 22.6 Å². The lowest BCUT2D eigenvalue weighted by molar-refractivity contribution is 0.480. The monoisotopic (exact) mass is 234 g/mol. The van der Waals surface area contributed by atoms with E-state index in [2.05, 4.69) is 35.6 Å². The van der Waals surface area contributed by atoms with Crippen LogP contribution < -0.4 is 10.6 Å². The van der Waals surface area contributed by atoms with Crippen molar-refractivity contribution in [2.45, 2.75) is 52.0 Å². The molecule has 2 N–H and O–H groups in total. The van der Waals surface area contributed by atoms with Crippen molar-refractivity contribution in [3.63, 3.8) is 0 Å². The molecule has 17 heavy (non-hydrogen) atoms. The molecule has 1 atom stereocenters. The number of hydrogen-bond acceptors (Lipinski definition) is 4. The van der Waals surface area contributed by atoms with Crippen molar-refractivity contribution in [1.82, 2.24) is 9.97 Å². The van der Waals surface area contributed by atoms with Gasteiger partial charge in [0, 0.05) is 24.6 Å². The first-order valence-electron chi connectivity index (χ1n) is 6.49. The van der Waals surface area contributed by atoms with Gasteiger partial charge in [0.05, 0.1) is 0 Å². The van der Waals surface area contributed by atoms with E-state index in [1.807, 2.05) is 6.07 Å². The molecule has 0 saturated carbocycles. The SMILES string of the molecule is CC(C)c1nc(N)cc(N2CCCCC2C)n1. The minimum Gasteiger partial charge on any atom is -0.384 e. The highest BCUT2D eigenvalue weighted by Crippen LogP contribution is 2.25. The lowest BCUT2D eigenvalue weighted by atomic mass is 10.0. The highest BCUT2D eigenvalue weighted by atomic mass is 15.2. The van der Waals surface area contributed by atoms with E-state index in [0.717, 1.165) is 18.2 Å². The minimum absolute atomic E-state index is 0.317. The summed E-state index contributed by atoms with van der Waals surface area (Å²) >= 11 is 0. The largest absolute Gasteiger partial charge is 0.384 e. The number of nitrogen functional groups attached to an aromatic ring is 1. The predicted molar refractivity (Wildman–Crippen MR) is 71.2 cm³/mol. The van der Waals surface area contributed by atoms with Crippen LogP contribution in [0.1, 0.15) is 51.8 Å². The van der Waals surface area contributed by atoms with E-state index in [4.69, 9.17) is 5.73 Å². The van der Waals surface area contributed by atoms with Crippen molar-refractivity contribution in [3.8, 4) is 0 Å². The van der Waals surface area contributed by atoms with Gasteiger partial charge in [-0.05, 0) is 26.2 Å². The number of anilines is 2. The molecule has 0 aromatic carbocycles. The number of piperidine rings is 1. The van der Waals surface area contributed by atoms with Crippen molar-refractivity contribution in [3.05, 3.63) is 11.9 Å². The maximum Gasteiger partial charge on any atom is 0.135 e. The van der Waals surface area contributed by atoms with Gasteiger partial charge in [-0.2, -0.15) is 0 Å². The summed E-state index contributed by atoms with van der Waals surface area (Å²) in [5.74, 6) is 2.74. The van der Waals surface area contributed by atoms with Gasteiger partial charge in [-0.25, -0.2) is 9.97 Å². The summed E-state index contributed by atoms with van der Waals surface area (Å²) < 4.78 is 0. The zero-order chi connectivity index (χ0) is 12.4. The zero-order valence-electron chi connectivity index (χ0n) is 11.0. The van der Waals surface area contributed by atoms with Crippen molar-refractivity contribution in [1.29, 1.82) is 0 Å². The zero-order valence-corrected chi connectivity index (χ0v) is 11.0. The second-order valence-corrected chi connectivity index (χ2v) is 5.20. The van der Waals surface area contributed by atoms with E-state index in [9.17, 15) is 0 Å². The summed E-state index contributed by atoms with van der Waals surface area (Å²) in [6, 6.07) is 2.45. The first-order chi connectivity index (χ1) is 8.08. The van der Waals surface area contributed by atoms with Crippen LogP contribution in [0.25, 0.3) is 0 Å². The Hall–Kier alpha value is -1.32. The van der Waals surface area contributed by atoms with Gasteiger partial charge in [0.25, 0.3) is 0 Å². The smallest absolute Gasteiger partial charge is 0.135 e. The summed E-state index contributed by atoms with van der Waals surface area (Å²) in [5, 5.41) is 0. The number of nitrogens with two attached hydrogens (primary N) is 1. The third-order valence-electron chi connectivity index (χ3n) is 3.36. The second kappa shape index (κ2) is 4.90. The van der Waals surface area contributed by atoms with E-state index in [1.165, 1.54) is 19.3 Å². The molecular formula is C13H22N4. The van der Waals surface area contributed by atoms with Crippen LogP contribution in [0.3, 0.4) is 0 Å². The summed E-state index contributed by atoms with van der Waals surface area (Å²) in [7, 11) is 0. The topological polar surface area (TPSA) is 55.0 Å². The fourth-order valence-electron chi connectivity index (χ4n) is 2.32. The summed E-state index contributed by atoms with van der Waals surface area (Å²) in [4.78, 5) is 11.3. The minimum atomic E-state index is 0.317. The number of nitrogens with zero attached hydrogens (tertiary/aromatic N) is 3. The maximum absolute atomic E-state index is 5.87. The molecule has 0 radical (unpaired) electrons. The van der Waals surface area contributed by atoms with E-state index in [0.29, 0.717) is 17.8 Å². The Balaban J connectivity index is 2.30. The van der Waals surface area contributed by atoms with E-state index in [1.54, 1.807) is 0 Å². The van der Waals surface area contributed by atoms with Crippen LogP contribution in [0.4, 0.5) is 11.6 Å². The molecule has 94 valence electrons. The Morgan fingerprint density at radius 2 is 2.12 bits per heavy atom. The third kappa shape index (κ3) is 2.68. The van der Waals surface area contributed by atoms with Gasteiger partial charge in [0.1, 0.15) is 17.5 Å². The van der Waals surface area contributed by atoms with Crippen LogP contribution in [0.5, 0.6) is 0 Å². The van der Waals surface area contributed by atoms with E-state index < -0.39 is 0 Å². The molecule has 0 aliphatic carbocycles. The summed E-state index contributed by atoms with van der Waals surface area (Å²) in [6.07, 6.45) is 3.79. The first-order valence-corrected chi connectivity index (χ1v) is 6.49. The van der Waals surface area contributed by atoms with E-state index in [-0.39, 0.29) is 0 Å². The number of hydrogen-bond donors (Lipinski definition) is 1. The fraction of sp³-hybridized carbons (Fsp3) is 0.692. The van der Waals surface area contributed by atoms with Gasteiger partial charge in [-0.1, -0.05) is 13.8 Å². The van der Waals surface area contributed by atoms with Gasteiger partial charge >= 0.3 is 0 Å². The molecule has 1 aliphatic rings. The normalized spacial score (nSPS) is 20.9. The molecule has 0 spiro atoms. The Morgan fingerprint density at radius 3 is 2.76 bits per heavy atom. The lowest BCUT2D eigenvalue weighted by Gasteiger charge is -2.34. The molecule has 4 heteroatoms. The van der Waals surface area contributed by atoms with Crippen molar-refractivity contribution in [2.75, 3.05) is 17.2 Å². The molecule has 1 saturated heterocycles. The molecule has 1 unspecified atom stereocenters. The van der Waals surface area contributed by atoms with Crippen LogP contribution in [0.2, 0.25) is 0 Å². The Morgan fingerprint density at radius 1 is 1.35 bits per heavy atom. The van der Waals surface area contributed by atoms with Crippen molar-refractivity contribution in [2.24, 2.45) is 0 Å². The number of rotatable bonds is 2. The van der Waals surface area contributed by atoms with Crippen molar-refractivity contribution < 1.29 is 0 Å². The first kappa shape index (κ1) is 12.1. The van der Waals surface area contributed by atoms with Gasteiger partial charge < -0.3 is 10.6 Å². The second-order valence-electron chi connectivity index (χ2n) is 5.20. The molecule has 1 fully saturated rings. The molecule has 1 aliphatic heterocycles. The van der Waals surface area contributed by atoms with E-state index >= 15 is 0 Å². The molecule has 2 heterocycles. The Kier molecular flexibility index (Phi) is 3.50. The quantitative estimate of drug-likeness (QED) is 0.854. The molecule has 0 amide bonds. The lowest BCUT2D eigenvalue weighted by Crippen LogP contribution is -2.38. The average Bonchev–Trinajstić information content (AvgIpc) is 2.28. The van der Waals surface area contributed by atoms with Gasteiger partial charge in [0.2, 0.25) is 0 Å². The standard InChI is InChI=1S/C13H22N4/c1-9(2)13-15-11(14)8-12(16-13)17-7-5-4-6-10(17)3/h8-10H,4-7H2,1-3H3,(H2,14,15,16). The third-order valence-corrected chi connectivity index (χ3v) is 3.36. The van der Waals surface area contributed by atoms with Crippen molar-refractivity contribution >= 4 is 11.6 Å². The summed E-state index contributed by atoms with van der Waals surface area (Å²) in [6.45, 7) is 7.53. The molecule has 0 bridgehead atoms. The maximum atomic E-state index is 5.87. The Bertz CT molecular complexity index is 389.